The first-order valence-corrected chi connectivity index (χ1v) is 8.82. The van der Waals surface area contributed by atoms with Gasteiger partial charge in [-0.05, 0) is 0 Å². The minimum Gasteiger partial charge on any atom is -0.822 e. The number of unbranched alkanes of at least 4 members (excludes halogenated alkanes) is 9. The van der Waals surface area contributed by atoms with Crippen LogP contribution in [0.1, 0.15) is 71.1 Å². The summed E-state index contributed by atoms with van der Waals surface area (Å²) >= 11 is 4.64. The predicted octanol–water partition coefficient (Wildman–Crippen LogP) is 2.05. The Morgan fingerprint density at radius 3 is 1.33 bits per heavy atom. The summed E-state index contributed by atoms with van der Waals surface area (Å²) < 4.78 is 8.55. The van der Waals surface area contributed by atoms with Crippen LogP contribution in [0, 0.1) is 0 Å². The van der Waals surface area contributed by atoms with Gasteiger partial charge in [-0.1, -0.05) is 0 Å². The van der Waals surface area contributed by atoms with Crippen molar-refractivity contribution in [2.45, 2.75) is 76.5 Å². The molecule has 6 heteroatoms. The van der Waals surface area contributed by atoms with Crippen molar-refractivity contribution in [2.75, 3.05) is 0 Å². The van der Waals surface area contributed by atoms with Gasteiger partial charge in [-0.2, -0.15) is 7.82 Å². The van der Waals surface area contributed by atoms with Crippen molar-refractivity contribution in [3.8, 4) is 0 Å². The molecular weight excluding hydrogens is 298 g/mol. The summed E-state index contributed by atoms with van der Waals surface area (Å²) in [6.45, 7) is 2.27. The second kappa shape index (κ2) is 15.7. The molecule has 0 fully saturated rings. The van der Waals surface area contributed by atoms with Crippen LogP contribution in [-0.2, 0) is 20.0 Å². The fraction of sp³-hybridized carbons (Fsp3) is 1.00. The zero-order valence-corrected chi connectivity index (χ0v) is 13.1. The number of phosphoric acid groups is 1. The van der Waals surface area contributed by atoms with Crippen LogP contribution in [0.4, 0.5) is 0 Å². The molecule has 0 unspecified atom stereocenters. The summed E-state index contributed by atoms with van der Waals surface area (Å²) in [4.78, 5) is 25.6. The van der Waals surface area contributed by atoms with Crippen LogP contribution in [-0.4, -0.2) is 0 Å². The van der Waals surface area contributed by atoms with Crippen LogP contribution < -0.4 is 14.7 Å². The largest absolute Gasteiger partial charge is 0.822 e. The van der Waals surface area contributed by atoms with E-state index in [1.807, 2.05) is 0 Å². The summed E-state index contributed by atoms with van der Waals surface area (Å²) in [5.74, 6) is 0. The maximum Gasteiger partial charge on any atom is -0.159 e. The van der Waals surface area contributed by atoms with Crippen molar-refractivity contribution in [1.29, 1.82) is 0 Å². The molecule has 0 saturated carbocycles. The molecule has 0 aliphatic carbocycles. The third-order valence-corrected chi connectivity index (χ3v) is 2.81. The molecule has 0 radical (unpaired) electrons. The topological polar surface area (TPSA) is 86.2 Å². The maximum absolute atomic E-state index is 8.55. The normalized spacial score (nSPS) is 10.9. The molecule has 0 aliphatic rings. The molecule has 0 rings (SSSR count). The molecule has 4 nitrogen and oxygen atoms in total. The third-order valence-electron chi connectivity index (χ3n) is 2.47. The Morgan fingerprint density at radius 2 is 1.06 bits per heavy atom. The van der Waals surface area contributed by atoms with E-state index in [1.165, 1.54) is 64.2 Å². The van der Waals surface area contributed by atoms with Gasteiger partial charge in [0, 0.05) is 0 Å². The van der Waals surface area contributed by atoms with Crippen molar-refractivity contribution in [1.82, 2.24) is 0 Å². The number of hydrogen-bond acceptors (Lipinski definition) is 4. The zero-order chi connectivity index (χ0) is 14.3. The average Bonchev–Trinajstić information content (AvgIpc) is 2.25. The second-order valence-corrected chi connectivity index (χ2v) is 5.68. The van der Waals surface area contributed by atoms with Crippen LogP contribution in [0.25, 0.3) is 0 Å². The summed E-state index contributed by atoms with van der Waals surface area (Å²) in [6, 6.07) is 0. The van der Waals surface area contributed by atoms with E-state index in [1.54, 1.807) is 0 Å². The van der Waals surface area contributed by atoms with Crippen LogP contribution in [0.15, 0.2) is 0 Å². The Labute approximate surface area is 119 Å². The molecule has 0 aromatic heterocycles. The molecule has 18 heavy (non-hydrogen) atoms. The minimum atomic E-state index is -5.39. The monoisotopic (exact) mass is 322 g/mol. The minimum absolute atomic E-state index is 0.997. The molecule has 112 valence electrons. The maximum atomic E-state index is 8.55. The van der Waals surface area contributed by atoms with Gasteiger partial charge in [-0.25, -0.2) is 0 Å². The van der Waals surface area contributed by atoms with Gasteiger partial charge in [0.2, 0.25) is 0 Å². The van der Waals surface area contributed by atoms with Gasteiger partial charge in [0.15, 0.2) is 0 Å². The molecule has 0 spiro atoms. The second-order valence-electron chi connectivity index (χ2n) is 4.29. The molecule has 0 aromatic carbocycles. The average molecular weight is 323 g/mol. The summed E-state index contributed by atoms with van der Waals surface area (Å²) in [5, 5.41) is 0.997. The predicted molar refractivity (Wildman–Crippen MR) is 64.3 cm³/mol. The van der Waals surface area contributed by atoms with E-state index in [0.29, 0.717) is 0 Å². The zero-order valence-electron chi connectivity index (χ0n) is 11.2. The van der Waals surface area contributed by atoms with Gasteiger partial charge in [-0.15, -0.1) is 0 Å². The van der Waals surface area contributed by atoms with Crippen LogP contribution >= 0.6 is 7.82 Å². The van der Waals surface area contributed by atoms with Crippen molar-refractivity contribution < 1.29 is 34.7 Å². The van der Waals surface area contributed by atoms with Crippen molar-refractivity contribution in [3.05, 3.63) is 0 Å². The Balaban J connectivity index is 0. The third kappa shape index (κ3) is 36.0. The van der Waals surface area contributed by atoms with Gasteiger partial charge < -0.3 is 19.2 Å². The molecule has 0 atom stereocenters. The molecule has 0 N–H and O–H groups in total. The van der Waals surface area contributed by atoms with Gasteiger partial charge in [-0.3, -0.25) is 0 Å². The van der Waals surface area contributed by atoms with E-state index in [4.69, 9.17) is 19.2 Å². The van der Waals surface area contributed by atoms with E-state index in [0.717, 1.165) is 5.39 Å². The van der Waals surface area contributed by atoms with Gasteiger partial charge >= 0.3 is 92.0 Å². The first-order chi connectivity index (χ1) is 8.41. The fourth-order valence-electron chi connectivity index (χ4n) is 1.57. The molecule has 0 aromatic rings. The molecule has 0 amide bonds. The summed E-state index contributed by atoms with van der Waals surface area (Å²) in [7, 11) is -5.39. The number of hydrogen-bond donors (Lipinski definition) is 0. The first-order valence-electron chi connectivity index (χ1n) is 6.66. The first kappa shape index (κ1) is 20.9. The smallest absolute Gasteiger partial charge is 0.159 e. The van der Waals surface area contributed by atoms with E-state index < -0.39 is 7.82 Å². The Bertz CT molecular complexity index is 178. The van der Waals surface area contributed by atoms with E-state index in [-0.39, 0.29) is 0 Å². The Hall–Kier alpha value is 0.604. The molecular formula is C12H25NiO4P. The van der Waals surface area contributed by atoms with Gasteiger partial charge in [0.05, 0.1) is 0 Å². The summed E-state index contributed by atoms with van der Waals surface area (Å²) in [6.07, 6.45) is 14.1. The van der Waals surface area contributed by atoms with Crippen molar-refractivity contribution >= 4 is 7.82 Å². The van der Waals surface area contributed by atoms with E-state index in [9.17, 15) is 0 Å². The van der Waals surface area contributed by atoms with E-state index in [2.05, 4.69) is 22.4 Å². The van der Waals surface area contributed by atoms with Crippen molar-refractivity contribution in [2.24, 2.45) is 0 Å². The molecule has 0 saturated heterocycles. The molecule has 0 heterocycles. The van der Waals surface area contributed by atoms with Gasteiger partial charge in [0.25, 0.3) is 0 Å². The molecule has 0 aliphatic heterocycles. The van der Waals surface area contributed by atoms with Crippen molar-refractivity contribution in [3.63, 3.8) is 0 Å². The van der Waals surface area contributed by atoms with Crippen LogP contribution in [0.5, 0.6) is 0 Å². The number of rotatable bonds is 10. The fourth-order valence-corrected chi connectivity index (χ4v) is 1.81. The van der Waals surface area contributed by atoms with Gasteiger partial charge in [0.1, 0.15) is 0 Å². The summed E-state index contributed by atoms with van der Waals surface area (Å²) in [5.41, 5.74) is 0. The SMILES string of the molecule is CCCCCCCCCCC[CH2][Ni+3].O=P([O-])([O-])[O-]. The van der Waals surface area contributed by atoms with Crippen LogP contribution in [0.2, 0.25) is 5.39 Å². The Morgan fingerprint density at radius 1 is 0.778 bits per heavy atom. The quantitative estimate of drug-likeness (QED) is 0.350. The standard InChI is InChI=1S/C12H25.Ni.H3O4P/c1-3-5-7-9-11-12-10-8-6-4-2;;1-5(2,3)4/h1,3-12H2,2H3;;(H3,1,2,3,4)/q;+3;/p-3. The Kier molecular flexibility index (Phi) is 18.2. The van der Waals surface area contributed by atoms with Crippen LogP contribution in [0.3, 0.4) is 0 Å². The van der Waals surface area contributed by atoms with E-state index >= 15 is 0 Å². The molecule has 0 bridgehead atoms.